The highest BCUT2D eigenvalue weighted by molar-refractivity contribution is 5.77. The van der Waals surface area contributed by atoms with Gasteiger partial charge in [-0.2, -0.15) is 0 Å². The van der Waals surface area contributed by atoms with E-state index in [4.69, 9.17) is 4.74 Å². The molecule has 0 unspecified atom stereocenters. The molecule has 0 heterocycles. The van der Waals surface area contributed by atoms with E-state index in [9.17, 15) is 4.79 Å². The predicted molar refractivity (Wildman–Crippen MR) is 77.2 cm³/mol. The van der Waals surface area contributed by atoms with Crippen LogP contribution < -0.4 is 15.4 Å². The van der Waals surface area contributed by atoms with Crippen molar-refractivity contribution in [2.45, 2.75) is 46.3 Å². The first-order valence-electron chi connectivity index (χ1n) is 6.72. The quantitative estimate of drug-likeness (QED) is 0.793. The number of nitrogens with one attached hydrogen (secondary N) is 2. The van der Waals surface area contributed by atoms with Gasteiger partial charge in [0.05, 0.1) is 0 Å². The highest BCUT2D eigenvalue weighted by Crippen LogP contribution is 2.12. The molecule has 0 saturated heterocycles. The topological polar surface area (TPSA) is 50.4 Å². The van der Waals surface area contributed by atoms with Gasteiger partial charge in [-0.15, -0.1) is 0 Å². The minimum absolute atomic E-state index is 0.0573. The molecule has 0 fully saturated rings. The summed E-state index contributed by atoms with van der Waals surface area (Å²) in [7, 11) is 0. The van der Waals surface area contributed by atoms with Crippen molar-refractivity contribution >= 4 is 5.91 Å². The lowest BCUT2D eigenvalue weighted by Crippen LogP contribution is -2.34. The molecule has 4 heteroatoms. The Kier molecular flexibility index (Phi) is 6.36. The van der Waals surface area contributed by atoms with Crippen molar-refractivity contribution in [1.29, 1.82) is 0 Å². The van der Waals surface area contributed by atoms with Crippen LogP contribution in [0.25, 0.3) is 0 Å². The molecule has 2 N–H and O–H groups in total. The monoisotopic (exact) mass is 264 g/mol. The van der Waals surface area contributed by atoms with Crippen LogP contribution in [0.4, 0.5) is 0 Å². The summed E-state index contributed by atoms with van der Waals surface area (Å²) in [4.78, 5) is 11.4. The van der Waals surface area contributed by atoms with Crippen LogP contribution in [0.5, 0.6) is 5.75 Å². The molecule has 0 bridgehead atoms. The summed E-state index contributed by atoms with van der Waals surface area (Å²) in [5, 5.41) is 6.13. The van der Waals surface area contributed by atoms with Crippen LogP contribution in [0, 0.1) is 0 Å². The fourth-order valence-corrected chi connectivity index (χ4v) is 1.54. The Morgan fingerprint density at radius 1 is 1.11 bits per heavy atom. The van der Waals surface area contributed by atoms with Crippen molar-refractivity contribution in [3.63, 3.8) is 0 Å². The number of ether oxygens (including phenoxy) is 1. The summed E-state index contributed by atoms with van der Waals surface area (Å²) in [6.07, 6.45) is 0. The molecule has 0 saturated carbocycles. The lowest BCUT2D eigenvalue weighted by atomic mass is 10.2. The number of benzene rings is 1. The van der Waals surface area contributed by atoms with Gasteiger partial charge in [0, 0.05) is 18.6 Å². The van der Waals surface area contributed by atoms with Gasteiger partial charge in [0.2, 0.25) is 0 Å². The Morgan fingerprint density at radius 2 is 1.74 bits per heavy atom. The summed E-state index contributed by atoms with van der Waals surface area (Å²) >= 11 is 0. The molecule has 0 aliphatic rings. The van der Waals surface area contributed by atoms with Crippen LogP contribution in [0.15, 0.2) is 24.3 Å². The summed E-state index contributed by atoms with van der Waals surface area (Å²) < 4.78 is 5.42. The molecule has 1 aromatic carbocycles. The third kappa shape index (κ3) is 6.82. The van der Waals surface area contributed by atoms with E-state index in [1.807, 2.05) is 38.1 Å². The largest absolute Gasteiger partial charge is 0.484 e. The van der Waals surface area contributed by atoms with Gasteiger partial charge in [-0.25, -0.2) is 0 Å². The zero-order chi connectivity index (χ0) is 14.3. The number of amides is 1. The Bertz CT molecular complexity index is 386. The van der Waals surface area contributed by atoms with Gasteiger partial charge in [0.25, 0.3) is 5.91 Å². The minimum atomic E-state index is -0.0967. The molecule has 106 valence electrons. The van der Waals surface area contributed by atoms with E-state index in [1.54, 1.807) is 0 Å². The second kappa shape index (κ2) is 7.79. The highest BCUT2D eigenvalue weighted by Gasteiger charge is 2.04. The molecule has 0 aromatic heterocycles. The van der Waals surface area contributed by atoms with Gasteiger partial charge < -0.3 is 15.4 Å². The minimum Gasteiger partial charge on any atom is -0.484 e. The number of hydrogen-bond donors (Lipinski definition) is 2. The van der Waals surface area contributed by atoms with Gasteiger partial charge in [0.1, 0.15) is 5.75 Å². The lowest BCUT2D eigenvalue weighted by Gasteiger charge is -2.11. The summed E-state index contributed by atoms with van der Waals surface area (Å²) in [5.41, 5.74) is 1.20. The predicted octanol–water partition coefficient (Wildman–Crippen LogP) is 2.09. The van der Waals surface area contributed by atoms with Crippen molar-refractivity contribution < 1.29 is 9.53 Å². The Balaban J connectivity index is 2.37. The van der Waals surface area contributed by atoms with E-state index >= 15 is 0 Å². The smallest absolute Gasteiger partial charge is 0.258 e. The van der Waals surface area contributed by atoms with E-state index in [1.165, 1.54) is 5.56 Å². The Morgan fingerprint density at radius 3 is 2.26 bits per heavy atom. The van der Waals surface area contributed by atoms with Gasteiger partial charge in [-0.3, -0.25) is 4.79 Å². The molecule has 0 radical (unpaired) electrons. The molecule has 4 nitrogen and oxygen atoms in total. The highest BCUT2D eigenvalue weighted by atomic mass is 16.5. The number of rotatable bonds is 7. The van der Waals surface area contributed by atoms with E-state index in [0.717, 1.165) is 6.54 Å². The van der Waals surface area contributed by atoms with Gasteiger partial charge in [-0.1, -0.05) is 26.0 Å². The zero-order valence-electron chi connectivity index (χ0n) is 12.2. The first-order chi connectivity index (χ1) is 8.97. The van der Waals surface area contributed by atoms with Gasteiger partial charge >= 0.3 is 0 Å². The fourth-order valence-electron chi connectivity index (χ4n) is 1.54. The first-order valence-corrected chi connectivity index (χ1v) is 6.72. The summed E-state index contributed by atoms with van der Waals surface area (Å²) in [6, 6.07) is 8.40. The molecule has 0 spiro atoms. The molecule has 1 amide bonds. The van der Waals surface area contributed by atoms with Crippen LogP contribution >= 0.6 is 0 Å². The van der Waals surface area contributed by atoms with E-state index in [-0.39, 0.29) is 18.6 Å². The van der Waals surface area contributed by atoms with Crippen molar-refractivity contribution in [2.24, 2.45) is 0 Å². The average Bonchev–Trinajstić information content (AvgIpc) is 2.34. The van der Waals surface area contributed by atoms with Crippen LogP contribution in [-0.4, -0.2) is 24.6 Å². The number of carbonyl (C=O) groups is 1. The van der Waals surface area contributed by atoms with Crippen molar-refractivity contribution in [3.05, 3.63) is 29.8 Å². The molecule has 1 aromatic rings. The maximum absolute atomic E-state index is 11.4. The van der Waals surface area contributed by atoms with Crippen molar-refractivity contribution in [2.75, 3.05) is 6.61 Å². The molecular weight excluding hydrogens is 240 g/mol. The van der Waals surface area contributed by atoms with E-state index < -0.39 is 0 Å². The van der Waals surface area contributed by atoms with Crippen molar-refractivity contribution in [1.82, 2.24) is 10.6 Å². The molecule has 0 aliphatic heterocycles. The summed E-state index contributed by atoms with van der Waals surface area (Å²) in [6.45, 7) is 8.98. The Hall–Kier alpha value is -1.55. The van der Waals surface area contributed by atoms with E-state index in [2.05, 4.69) is 24.5 Å². The molecule has 1 rings (SSSR count). The molecule has 0 atom stereocenters. The number of hydrogen-bond acceptors (Lipinski definition) is 3. The average molecular weight is 264 g/mol. The van der Waals surface area contributed by atoms with Crippen LogP contribution in [0.1, 0.15) is 33.3 Å². The van der Waals surface area contributed by atoms with Crippen LogP contribution in [-0.2, 0) is 11.3 Å². The van der Waals surface area contributed by atoms with Crippen molar-refractivity contribution in [3.8, 4) is 5.75 Å². The maximum atomic E-state index is 11.4. The van der Waals surface area contributed by atoms with E-state index in [0.29, 0.717) is 11.8 Å². The first kappa shape index (κ1) is 15.5. The lowest BCUT2D eigenvalue weighted by molar-refractivity contribution is -0.123. The summed E-state index contributed by atoms with van der Waals surface area (Å²) in [5.74, 6) is 0.618. The third-order valence-corrected chi connectivity index (χ3v) is 2.46. The maximum Gasteiger partial charge on any atom is 0.258 e. The van der Waals surface area contributed by atoms with Crippen LogP contribution in [0.2, 0.25) is 0 Å². The fraction of sp³-hybridized carbons (Fsp3) is 0.533. The number of carbonyl (C=O) groups excluding carboxylic acids is 1. The zero-order valence-corrected chi connectivity index (χ0v) is 12.2. The normalized spacial score (nSPS) is 10.8. The molecular formula is C15H24N2O2. The van der Waals surface area contributed by atoms with Gasteiger partial charge in [0.15, 0.2) is 6.61 Å². The SMILES string of the molecule is CC(C)NCc1ccc(OCC(=O)NC(C)C)cc1. The van der Waals surface area contributed by atoms with Crippen LogP contribution in [0.3, 0.4) is 0 Å². The molecule has 0 aliphatic carbocycles. The van der Waals surface area contributed by atoms with Gasteiger partial charge in [-0.05, 0) is 31.5 Å². The second-order valence-electron chi connectivity index (χ2n) is 5.19. The standard InChI is InChI=1S/C15H24N2O2/c1-11(2)16-9-13-5-7-14(8-6-13)19-10-15(18)17-12(3)4/h5-8,11-12,16H,9-10H2,1-4H3,(H,17,18). The Labute approximate surface area is 115 Å². The third-order valence-electron chi connectivity index (χ3n) is 2.46. The molecule has 19 heavy (non-hydrogen) atoms. The second-order valence-corrected chi connectivity index (χ2v) is 5.19.